The molecule has 2 heterocycles. The summed E-state index contributed by atoms with van der Waals surface area (Å²) in [5.41, 5.74) is 1.42. The topological polar surface area (TPSA) is 41.6 Å². The predicted octanol–water partition coefficient (Wildman–Crippen LogP) is 2.99. The Morgan fingerprint density at radius 1 is 1.36 bits per heavy atom. The molecule has 2 aliphatic rings. The van der Waals surface area contributed by atoms with Gasteiger partial charge < -0.3 is 15.0 Å². The first-order valence-electron chi connectivity index (χ1n) is 8.00. The molecule has 3 rings (SSSR count). The van der Waals surface area contributed by atoms with Crippen LogP contribution in [0.25, 0.3) is 0 Å². The van der Waals surface area contributed by atoms with Crippen LogP contribution in [0.1, 0.15) is 36.8 Å². The Labute approximate surface area is 130 Å². The van der Waals surface area contributed by atoms with Gasteiger partial charge in [-0.3, -0.25) is 0 Å². The van der Waals surface area contributed by atoms with E-state index in [0.29, 0.717) is 12.1 Å². The Balaban J connectivity index is 1.49. The maximum atomic E-state index is 13.5. The molecule has 2 amide bonds. The van der Waals surface area contributed by atoms with E-state index < -0.39 is 0 Å². The molecule has 0 radical (unpaired) electrons. The molecule has 4 nitrogen and oxygen atoms in total. The molecule has 0 unspecified atom stereocenters. The molecule has 5 heteroatoms. The second-order valence-electron chi connectivity index (χ2n) is 6.36. The van der Waals surface area contributed by atoms with Crippen molar-refractivity contribution in [2.45, 2.75) is 44.8 Å². The van der Waals surface area contributed by atoms with Gasteiger partial charge >= 0.3 is 6.03 Å². The molecule has 0 aliphatic carbocycles. The van der Waals surface area contributed by atoms with Gasteiger partial charge in [0, 0.05) is 26.2 Å². The zero-order valence-electron chi connectivity index (χ0n) is 13.0. The highest BCUT2D eigenvalue weighted by Gasteiger charge is 2.39. The van der Waals surface area contributed by atoms with E-state index in [0.717, 1.165) is 50.9 Å². The maximum absolute atomic E-state index is 13.5. The van der Waals surface area contributed by atoms with Gasteiger partial charge in [0.05, 0.1) is 5.60 Å². The number of urea groups is 1. The maximum Gasteiger partial charge on any atom is 0.317 e. The van der Waals surface area contributed by atoms with Crippen molar-refractivity contribution in [1.29, 1.82) is 0 Å². The van der Waals surface area contributed by atoms with Crippen LogP contribution in [0.5, 0.6) is 0 Å². The largest absolute Gasteiger partial charge is 0.375 e. The zero-order chi connectivity index (χ0) is 15.6. The minimum Gasteiger partial charge on any atom is -0.375 e. The van der Waals surface area contributed by atoms with Crippen LogP contribution >= 0.6 is 0 Å². The van der Waals surface area contributed by atoms with E-state index >= 15 is 0 Å². The van der Waals surface area contributed by atoms with Gasteiger partial charge in [0.25, 0.3) is 0 Å². The molecule has 0 aromatic heterocycles. The van der Waals surface area contributed by atoms with E-state index in [1.54, 1.807) is 13.0 Å². The van der Waals surface area contributed by atoms with E-state index in [4.69, 9.17) is 4.74 Å². The average Bonchev–Trinajstić information content (AvgIpc) is 2.97. The molecule has 1 spiro atoms. The van der Waals surface area contributed by atoms with Crippen molar-refractivity contribution in [3.8, 4) is 0 Å². The lowest BCUT2D eigenvalue weighted by molar-refractivity contribution is -0.0361. The van der Waals surface area contributed by atoms with Crippen molar-refractivity contribution in [2.75, 3.05) is 19.7 Å². The first-order valence-corrected chi connectivity index (χ1v) is 8.00. The van der Waals surface area contributed by atoms with Gasteiger partial charge in [0.2, 0.25) is 0 Å². The number of carbonyl (C=O) groups excluding carboxylic acids is 1. The first-order chi connectivity index (χ1) is 10.6. The fraction of sp³-hybridized carbons (Fsp3) is 0.588. The third-order valence-electron chi connectivity index (χ3n) is 4.83. The number of aryl methyl sites for hydroxylation is 1. The third-order valence-corrected chi connectivity index (χ3v) is 4.83. The SMILES string of the molecule is Cc1ccc(CNC(=O)N2CCC3(CCCO3)CC2)cc1F. The summed E-state index contributed by atoms with van der Waals surface area (Å²) in [4.78, 5) is 14.0. The number of likely N-dealkylation sites (tertiary alicyclic amines) is 1. The molecular weight excluding hydrogens is 283 g/mol. The first kappa shape index (κ1) is 15.3. The summed E-state index contributed by atoms with van der Waals surface area (Å²) < 4.78 is 19.4. The number of nitrogens with zero attached hydrogens (tertiary/aromatic N) is 1. The number of amides is 2. The van der Waals surface area contributed by atoms with Gasteiger partial charge in [0.15, 0.2) is 0 Å². The average molecular weight is 306 g/mol. The fourth-order valence-corrected chi connectivity index (χ4v) is 3.30. The number of benzene rings is 1. The zero-order valence-corrected chi connectivity index (χ0v) is 13.0. The molecule has 1 aromatic carbocycles. The summed E-state index contributed by atoms with van der Waals surface area (Å²) in [5, 5.41) is 2.87. The van der Waals surface area contributed by atoms with Crippen LogP contribution in [0.15, 0.2) is 18.2 Å². The van der Waals surface area contributed by atoms with Crippen LogP contribution in [0.4, 0.5) is 9.18 Å². The Kier molecular flexibility index (Phi) is 4.34. The summed E-state index contributed by atoms with van der Waals surface area (Å²) in [5.74, 6) is -0.231. The molecule has 1 N–H and O–H groups in total. The second-order valence-corrected chi connectivity index (χ2v) is 6.36. The highest BCUT2D eigenvalue weighted by Crippen LogP contribution is 2.35. The summed E-state index contributed by atoms with van der Waals surface area (Å²) >= 11 is 0. The summed E-state index contributed by atoms with van der Waals surface area (Å²) in [6, 6.07) is 4.98. The van der Waals surface area contributed by atoms with E-state index in [1.807, 2.05) is 11.0 Å². The van der Waals surface area contributed by atoms with Crippen molar-refractivity contribution >= 4 is 6.03 Å². The van der Waals surface area contributed by atoms with Gasteiger partial charge in [0.1, 0.15) is 5.82 Å². The van der Waals surface area contributed by atoms with Crippen LogP contribution in [0.2, 0.25) is 0 Å². The molecular formula is C17H23FN2O2. The van der Waals surface area contributed by atoms with E-state index in [9.17, 15) is 9.18 Å². The molecule has 120 valence electrons. The third kappa shape index (κ3) is 3.24. The minimum absolute atomic E-state index is 0.0247. The number of piperidine rings is 1. The van der Waals surface area contributed by atoms with Crippen molar-refractivity contribution in [3.05, 3.63) is 35.1 Å². The number of halogens is 1. The molecule has 0 bridgehead atoms. The smallest absolute Gasteiger partial charge is 0.317 e. The molecule has 0 saturated carbocycles. The van der Waals surface area contributed by atoms with E-state index in [-0.39, 0.29) is 17.4 Å². The van der Waals surface area contributed by atoms with Gasteiger partial charge in [-0.05, 0) is 49.8 Å². The Bertz CT molecular complexity index is 546. The van der Waals surface area contributed by atoms with Gasteiger partial charge in [-0.2, -0.15) is 0 Å². The summed E-state index contributed by atoms with van der Waals surface area (Å²) in [7, 11) is 0. The molecule has 22 heavy (non-hydrogen) atoms. The standard InChI is InChI=1S/C17H23FN2O2/c1-13-3-4-14(11-15(13)18)12-19-16(21)20-8-6-17(7-9-20)5-2-10-22-17/h3-4,11H,2,5-10,12H2,1H3,(H,19,21). The molecule has 1 aromatic rings. The number of nitrogens with one attached hydrogen (secondary N) is 1. The highest BCUT2D eigenvalue weighted by molar-refractivity contribution is 5.74. The molecule has 2 saturated heterocycles. The fourth-order valence-electron chi connectivity index (χ4n) is 3.30. The van der Waals surface area contributed by atoms with Crippen molar-refractivity contribution < 1.29 is 13.9 Å². The van der Waals surface area contributed by atoms with Crippen molar-refractivity contribution in [3.63, 3.8) is 0 Å². The number of carbonyl (C=O) groups is 1. The lowest BCUT2D eigenvalue weighted by atomic mass is 9.89. The van der Waals surface area contributed by atoms with Crippen LogP contribution < -0.4 is 5.32 Å². The van der Waals surface area contributed by atoms with Gasteiger partial charge in [-0.25, -0.2) is 9.18 Å². The Hall–Kier alpha value is -1.62. The van der Waals surface area contributed by atoms with Gasteiger partial charge in [-0.1, -0.05) is 12.1 Å². The van der Waals surface area contributed by atoms with E-state index in [2.05, 4.69) is 5.32 Å². The second kappa shape index (κ2) is 6.24. The Morgan fingerprint density at radius 3 is 2.77 bits per heavy atom. The lowest BCUT2D eigenvalue weighted by Crippen LogP contribution is -2.49. The number of hydrogen-bond acceptors (Lipinski definition) is 2. The van der Waals surface area contributed by atoms with Crippen molar-refractivity contribution in [2.24, 2.45) is 0 Å². The van der Waals surface area contributed by atoms with Crippen LogP contribution in [-0.2, 0) is 11.3 Å². The predicted molar refractivity (Wildman–Crippen MR) is 82.1 cm³/mol. The minimum atomic E-state index is -0.231. The normalized spacial score (nSPS) is 20.4. The van der Waals surface area contributed by atoms with Crippen LogP contribution in [0.3, 0.4) is 0 Å². The number of ether oxygens (including phenoxy) is 1. The number of rotatable bonds is 2. The van der Waals surface area contributed by atoms with Crippen LogP contribution in [0, 0.1) is 12.7 Å². The van der Waals surface area contributed by atoms with Crippen molar-refractivity contribution in [1.82, 2.24) is 10.2 Å². The van der Waals surface area contributed by atoms with Gasteiger partial charge in [-0.15, -0.1) is 0 Å². The monoisotopic (exact) mass is 306 g/mol. The lowest BCUT2D eigenvalue weighted by Gasteiger charge is -2.38. The Morgan fingerprint density at radius 2 is 2.14 bits per heavy atom. The number of hydrogen-bond donors (Lipinski definition) is 1. The van der Waals surface area contributed by atoms with E-state index in [1.165, 1.54) is 6.07 Å². The molecule has 0 atom stereocenters. The summed E-state index contributed by atoms with van der Waals surface area (Å²) in [6.45, 7) is 4.40. The molecule has 2 aliphatic heterocycles. The molecule has 2 fully saturated rings. The van der Waals surface area contributed by atoms with Crippen LogP contribution in [-0.4, -0.2) is 36.2 Å². The highest BCUT2D eigenvalue weighted by atomic mass is 19.1. The summed E-state index contributed by atoms with van der Waals surface area (Å²) in [6.07, 6.45) is 4.08. The quantitative estimate of drug-likeness (QED) is 0.912.